The summed E-state index contributed by atoms with van der Waals surface area (Å²) in [5.41, 5.74) is 0.213. The lowest BCUT2D eigenvalue weighted by Gasteiger charge is -2.19. The Labute approximate surface area is 110 Å². The van der Waals surface area contributed by atoms with Crippen molar-refractivity contribution in [3.8, 4) is 0 Å². The third kappa shape index (κ3) is 9.02. The molecule has 0 aliphatic heterocycles. The van der Waals surface area contributed by atoms with Crippen molar-refractivity contribution in [2.45, 2.75) is 66.3 Å². The molecular formula is C14H27NO3. The van der Waals surface area contributed by atoms with Gasteiger partial charge in [-0.3, -0.25) is 4.79 Å². The molecule has 0 fully saturated rings. The van der Waals surface area contributed by atoms with E-state index in [1.807, 2.05) is 13.8 Å². The van der Waals surface area contributed by atoms with Gasteiger partial charge in [-0.25, -0.2) is 4.79 Å². The molecule has 1 unspecified atom stereocenters. The standard InChI is InChI=1S/C14H27NO3/c1-10(2)9-11(13(17)18)15-12(16)7-6-8-14(3,4)5/h10-11H,6-9H2,1-5H3,(H,15,16)(H,17,18). The van der Waals surface area contributed by atoms with Gasteiger partial charge in [-0.2, -0.15) is 0 Å². The molecule has 0 aromatic carbocycles. The summed E-state index contributed by atoms with van der Waals surface area (Å²) in [4.78, 5) is 22.6. The highest BCUT2D eigenvalue weighted by molar-refractivity contribution is 5.83. The Kier molecular flexibility index (Phi) is 6.96. The fraction of sp³-hybridized carbons (Fsp3) is 0.857. The van der Waals surface area contributed by atoms with Crippen LogP contribution in [-0.4, -0.2) is 23.0 Å². The summed E-state index contributed by atoms with van der Waals surface area (Å²) in [6.07, 6.45) is 2.63. The van der Waals surface area contributed by atoms with Crippen molar-refractivity contribution in [2.24, 2.45) is 11.3 Å². The van der Waals surface area contributed by atoms with Crippen LogP contribution in [-0.2, 0) is 9.59 Å². The second-order valence-corrected chi connectivity index (χ2v) is 6.50. The van der Waals surface area contributed by atoms with Crippen LogP contribution in [0.25, 0.3) is 0 Å². The minimum absolute atomic E-state index is 0.160. The molecule has 0 aromatic heterocycles. The maximum Gasteiger partial charge on any atom is 0.326 e. The van der Waals surface area contributed by atoms with E-state index < -0.39 is 12.0 Å². The van der Waals surface area contributed by atoms with Crippen LogP contribution in [0.15, 0.2) is 0 Å². The summed E-state index contributed by atoms with van der Waals surface area (Å²) >= 11 is 0. The molecule has 0 spiro atoms. The van der Waals surface area contributed by atoms with Crippen molar-refractivity contribution in [3.63, 3.8) is 0 Å². The minimum atomic E-state index is -0.951. The molecule has 0 aromatic rings. The second kappa shape index (κ2) is 7.39. The third-order valence-corrected chi connectivity index (χ3v) is 2.67. The van der Waals surface area contributed by atoms with Crippen molar-refractivity contribution in [1.29, 1.82) is 0 Å². The quantitative estimate of drug-likeness (QED) is 0.737. The number of carboxylic acids is 1. The van der Waals surface area contributed by atoms with Crippen LogP contribution < -0.4 is 5.32 Å². The number of nitrogens with one attached hydrogen (secondary N) is 1. The zero-order chi connectivity index (χ0) is 14.3. The van der Waals surface area contributed by atoms with Gasteiger partial charge < -0.3 is 10.4 Å². The van der Waals surface area contributed by atoms with Gasteiger partial charge in [0.05, 0.1) is 0 Å². The van der Waals surface area contributed by atoms with Crippen molar-refractivity contribution >= 4 is 11.9 Å². The Morgan fingerprint density at radius 1 is 1.22 bits per heavy atom. The molecule has 2 N–H and O–H groups in total. The molecule has 0 saturated carbocycles. The SMILES string of the molecule is CC(C)CC(NC(=O)CCCC(C)(C)C)C(=O)O. The average Bonchev–Trinajstić information content (AvgIpc) is 2.13. The van der Waals surface area contributed by atoms with Crippen molar-refractivity contribution in [2.75, 3.05) is 0 Å². The average molecular weight is 257 g/mol. The van der Waals surface area contributed by atoms with E-state index >= 15 is 0 Å². The maximum absolute atomic E-state index is 11.7. The Balaban J connectivity index is 4.07. The number of aliphatic carboxylic acids is 1. The van der Waals surface area contributed by atoms with Gasteiger partial charge in [-0.1, -0.05) is 34.6 Å². The number of carbonyl (C=O) groups is 2. The molecule has 0 aliphatic carbocycles. The fourth-order valence-electron chi connectivity index (χ4n) is 1.74. The Bertz CT molecular complexity index is 279. The molecule has 18 heavy (non-hydrogen) atoms. The number of carboxylic acid groups (broad SMARTS) is 1. The lowest BCUT2D eigenvalue weighted by Crippen LogP contribution is -2.41. The molecule has 4 nitrogen and oxygen atoms in total. The van der Waals surface area contributed by atoms with E-state index in [1.165, 1.54) is 0 Å². The summed E-state index contributed by atoms with van der Waals surface area (Å²) in [5, 5.41) is 11.6. The first-order chi connectivity index (χ1) is 8.11. The van der Waals surface area contributed by atoms with E-state index in [1.54, 1.807) is 0 Å². The van der Waals surface area contributed by atoms with Crippen LogP contribution in [0, 0.1) is 11.3 Å². The normalized spacial score (nSPS) is 13.4. The van der Waals surface area contributed by atoms with Crippen LogP contribution >= 0.6 is 0 Å². The van der Waals surface area contributed by atoms with Gasteiger partial charge in [0.25, 0.3) is 0 Å². The highest BCUT2D eigenvalue weighted by Crippen LogP contribution is 2.21. The van der Waals surface area contributed by atoms with E-state index in [9.17, 15) is 9.59 Å². The molecule has 0 heterocycles. The molecule has 0 radical (unpaired) electrons. The largest absolute Gasteiger partial charge is 0.480 e. The van der Waals surface area contributed by atoms with Gasteiger partial charge >= 0.3 is 5.97 Å². The number of hydrogen-bond acceptors (Lipinski definition) is 2. The first kappa shape index (κ1) is 16.9. The Morgan fingerprint density at radius 3 is 2.17 bits per heavy atom. The highest BCUT2D eigenvalue weighted by atomic mass is 16.4. The smallest absolute Gasteiger partial charge is 0.326 e. The monoisotopic (exact) mass is 257 g/mol. The summed E-state index contributed by atoms with van der Waals surface area (Å²) in [6, 6.07) is -0.757. The van der Waals surface area contributed by atoms with Crippen LogP contribution in [0.4, 0.5) is 0 Å². The topological polar surface area (TPSA) is 66.4 Å². The van der Waals surface area contributed by atoms with E-state index in [4.69, 9.17) is 5.11 Å². The van der Waals surface area contributed by atoms with Crippen LogP contribution in [0.3, 0.4) is 0 Å². The van der Waals surface area contributed by atoms with Gasteiger partial charge in [-0.05, 0) is 30.6 Å². The van der Waals surface area contributed by atoms with Crippen molar-refractivity contribution in [3.05, 3.63) is 0 Å². The lowest BCUT2D eigenvalue weighted by molar-refractivity contribution is -0.142. The van der Waals surface area contributed by atoms with E-state index in [0.29, 0.717) is 12.8 Å². The van der Waals surface area contributed by atoms with E-state index in [-0.39, 0.29) is 17.2 Å². The number of amides is 1. The summed E-state index contributed by atoms with van der Waals surface area (Å²) in [7, 11) is 0. The number of rotatable bonds is 7. The molecule has 1 atom stereocenters. The van der Waals surface area contributed by atoms with Gasteiger partial charge in [0, 0.05) is 6.42 Å². The predicted octanol–water partition coefficient (Wildman–Crippen LogP) is 2.82. The predicted molar refractivity (Wildman–Crippen MR) is 72.3 cm³/mol. The molecule has 0 bridgehead atoms. The third-order valence-electron chi connectivity index (χ3n) is 2.67. The summed E-state index contributed by atoms with van der Waals surface area (Å²) in [5.74, 6) is -0.860. The first-order valence-electron chi connectivity index (χ1n) is 6.64. The summed E-state index contributed by atoms with van der Waals surface area (Å²) in [6.45, 7) is 10.3. The zero-order valence-corrected chi connectivity index (χ0v) is 12.2. The molecular weight excluding hydrogens is 230 g/mol. The molecule has 0 aliphatic rings. The van der Waals surface area contributed by atoms with Gasteiger partial charge in [0.15, 0.2) is 0 Å². The molecule has 4 heteroatoms. The molecule has 106 valence electrons. The summed E-state index contributed by atoms with van der Waals surface area (Å²) < 4.78 is 0. The fourth-order valence-corrected chi connectivity index (χ4v) is 1.74. The Morgan fingerprint density at radius 2 is 1.78 bits per heavy atom. The Hall–Kier alpha value is -1.06. The van der Waals surface area contributed by atoms with Crippen molar-refractivity contribution < 1.29 is 14.7 Å². The first-order valence-corrected chi connectivity index (χ1v) is 6.64. The van der Waals surface area contributed by atoms with Crippen LogP contribution in [0.5, 0.6) is 0 Å². The van der Waals surface area contributed by atoms with Gasteiger partial charge in [-0.15, -0.1) is 0 Å². The van der Waals surface area contributed by atoms with E-state index in [0.717, 1.165) is 12.8 Å². The van der Waals surface area contributed by atoms with Crippen LogP contribution in [0.2, 0.25) is 0 Å². The number of carbonyl (C=O) groups excluding carboxylic acids is 1. The zero-order valence-electron chi connectivity index (χ0n) is 12.2. The number of hydrogen-bond donors (Lipinski definition) is 2. The highest BCUT2D eigenvalue weighted by Gasteiger charge is 2.21. The van der Waals surface area contributed by atoms with E-state index in [2.05, 4.69) is 26.1 Å². The second-order valence-electron chi connectivity index (χ2n) is 6.50. The van der Waals surface area contributed by atoms with Crippen molar-refractivity contribution in [1.82, 2.24) is 5.32 Å². The molecule has 0 rings (SSSR count). The van der Waals surface area contributed by atoms with Crippen LogP contribution in [0.1, 0.15) is 60.3 Å². The van der Waals surface area contributed by atoms with Gasteiger partial charge in [0.2, 0.25) is 5.91 Å². The molecule has 1 amide bonds. The molecule has 0 saturated heterocycles. The lowest BCUT2D eigenvalue weighted by atomic mass is 9.90. The minimum Gasteiger partial charge on any atom is -0.480 e. The van der Waals surface area contributed by atoms with Gasteiger partial charge in [0.1, 0.15) is 6.04 Å². The maximum atomic E-state index is 11.7.